The lowest BCUT2D eigenvalue weighted by atomic mass is 9.84. The van der Waals surface area contributed by atoms with Gasteiger partial charge in [-0.1, -0.05) is 32.9 Å². The third-order valence-corrected chi connectivity index (χ3v) is 5.60. The topological polar surface area (TPSA) is 35.5 Å². The lowest BCUT2D eigenvalue weighted by molar-refractivity contribution is 0.108. The molecule has 1 atom stereocenters. The van der Waals surface area contributed by atoms with E-state index in [1.54, 1.807) is 0 Å². The molecule has 0 bridgehead atoms. The van der Waals surface area contributed by atoms with Crippen LogP contribution < -0.4 is 14.8 Å². The molecule has 0 aromatic heterocycles. The number of rotatable bonds is 7. The molecule has 2 aromatic carbocycles. The van der Waals surface area contributed by atoms with Crippen LogP contribution >= 0.6 is 8.58 Å². The molecule has 0 heterocycles. The highest BCUT2D eigenvalue weighted by Gasteiger charge is 2.20. The maximum atomic E-state index is 13.1. The molecule has 2 aromatic rings. The van der Waals surface area contributed by atoms with Crippen LogP contribution in [0, 0.1) is 13.8 Å². The molecule has 0 N–H and O–H groups in total. The fourth-order valence-corrected chi connectivity index (χ4v) is 4.27. The molecule has 0 saturated carbocycles. The van der Waals surface area contributed by atoms with E-state index in [2.05, 4.69) is 32.9 Å². The van der Waals surface area contributed by atoms with Crippen molar-refractivity contribution in [2.24, 2.45) is 0 Å². The summed E-state index contributed by atoms with van der Waals surface area (Å²) in [5.74, 6) is 1.50. The molecular formula is C23H31O3P. The SMILES string of the molecule is CCOc1ccc(PC(=O)c2c(C)cc(C(C)(C)C)cc2C)c(OCC)c1. The fourth-order valence-electron chi connectivity index (χ4n) is 3.08. The molecule has 0 amide bonds. The van der Waals surface area contributed by atoms with Crippen molar-refractivity contribution in [3.8, 4) is 11.5 Å². The van der Waals surface area contributed by atoms with E-state index in [0.29, 0.717) is 13.2 Å². The number of benzene rings is 2. The zero-order chi connectivity index (χ0) is 20.2. The quantitative estimate of drug-likeness (QED) is 0.586. The average molecular weight is 386 g/mol. The molecule has 0 fully saturated rings. The summed E-state index contributed by atoms with van der Waals surface area (Å²) in [6, 6.07) is 10.0. The minimum atomic E-state index is 0.0196. The van der Waals surface area contributed by atoms with Crippen LogP contribution in [0.15, 0.2) is 30.3 Å². The van der Waals surface area contributed by atoms with Crippen molar-refractivity contribution in [1.29, 1.82) is 0 Å². The maximum absolute atomic E-state index is 13.1. The smallest absolute Gasteiger partial charge is 0.186 e. The second-order valence-electron chi connectivity index (χ2n) is 7.71. The van der Waals surface area contributed by atoms with Crippen LogP contribution in [0.1, 0.15) is 61.7 Å². The molecule has 0 aliphatic heterocycles. The Bertz CT molecular complexity index is 796. The Balaban J connectivity index is 2.35. The monoisotopic (exact) mass is 386 g/mol. The van der Waals surface area contributed by atoms with Gasteiger partial charge in [-0.2, -0.15) is 0 Å². The van der Waals surface area contributed by atoms with Crippen molar-refractivity contribution in [2.75, 3.05) is 13.2 Å². The van der Waals surface area contributed by atoms with Gasteiger partial charge in [0.15, 0.2) is 5.52 Å². The van der Waals surface area contributed by atoms with E-state index in [1.807, 2.05) is 45.9 Å². The minimum Gasteiger partial charge on any atom is -0.494 e. The third kappa shape index (κ3) is 5.32. The van der Waals surface area contributed by atoms with Gasteiger partial charge >= 0.3 is 0 Å². The Hall–Kier alpha value is -1.86. The Morgan fingerprint density at radius 3 is 2.07 bits per heavy atom. The Morgan fingerprint density at radius 2 is 1.56 bits per heavy atom. The summed E-state index contributed by atoms with van der Waals surface area (Å²) >= 11 is 0. The predicted octanol–water partition coefficient (Wildman–Crippen LogP) is 5.54. The van der Waals surface area contributed by atoms with E-state index in [-0.39, 0.29) is 19.5 Å². The van der Waals surface area contributed by atoms with Crippen molar-refractivity contribution in [2.45, 2.75) is 53.9 Å². The molecule has 2 rings (SSSR count). The Labute approximate surface area is 165 Å². The van der Waals surface area contributed by atoms with Crippen LogP contribution in [-0.2, 0) is 5.41 Å². The number of hydrogen-bond donors (Lipinski definition) is 0. The first-order valence-electron chi connectivity index (χ1n) is 9.50. The largest absolute Gasteiger partial charge is 0.494 e. The molecule has 0 spiro atoms. The van der Waals surface area contributed by atoms with Gasteiger partial charge in [0.05, 0.1) is 13.2 Å². The highest BCUT2D eigenvalue weighted by Crippen LogP contribution is 2.32. The average Bonchev–Trinajstić information content (AvgIpc) is 2.56. The summed E-state index contributed by atoms with van der Waals surface area (Å²) < 4.78 is 11.3. The number of hydrogen-bond acceptors (Lipinski definition) is 3. The standard InChI is InChI=1S/C23H31O3P/c1-8-25-18-10-11-20(19(14-18)26-9-2)27-22(24)21-15(3)12-17(13-16(21)4)23(5,6)7/h10-14,27H,8-9H2,1-7H3. The lowest BCUT2D eigenvalue weighted by Gasteiger charge is -2.22. The molecule has 3 nitrogen and oxygen atoms in total. The zero-order valence-corrected chi connectivity index (χ0v) is 18.5. The van der Waals surface area contributed by atoms with Crippen molar-refractivity contribution in [3.05, 3.63) is 52.6 Å². The van der Waals surface area contributed by atoms with Gasteiger partial charge in [0.1, 0.15) is 11.5 Å². The summed E-state index contributed by atoms with van der Waals surface area (Å²) in [6.07, 6.45) is 0. The van der Waals surface area contributed by atoms with Gasteiger partial charge in [0, 0.05) is 16.9 Å². The van der Waals surface area contributed by atoms with E-state index in [0.717, 1.165) is 33.5 Å². The molecule has 0 aliphatic carbocycles. The highest BCUT2D eigenvalue weighted by molar-refractivity contribution is 7.66. The first-order valence-corrected chi connectivity index (χ1v) is 10.5. The van der Waals surface area contributed by atoms with Crippen molar-refractivity contribution >= 4 is 19.4 Å². The molecule has 27 heavy (non-hydrogen) atoms. The van der Waals surface area contributed by atoms with Crippen molar-refractivity contribution < 1.29 is 14.3 Å². The highest BCUT2D eigenvalue weighted by atomic mass is 31.1. The van der Waals surface area contributed by atoms with Crippen LogP contribution in [0.3, 0.4) is 0 Å². The molecule has 1 unspecified atom stereocenters. The van der Waals surface area contributed by atoms with E-state index < -0.39 is 0 Å². The van der Waals surface area contributed by atoms with Gasteiger partial charge in [-0.3, -0.25) is 4.79 Å². The molecule has 4 heteroatoms. The lowest BCUT2D eigenvalue weighted by Crippen LogP contribution is -2.14. The van der Waals surface area contributed by atoms with Crippen molar-refractivity contribution in [1.82, 2.24) is 0 Å². The van der Waals surface area contributed by atoms with Gasteiger partial charge in [0.25, 0.3) is 0 Å². The van der Waals surface area contributed by atoms with E-state index in [4.69, 9.17) is 9.47 Å². The van der Waals surface area contributed by atoms with Crippen LogP contribution in [0.25, 0.3) is 0 Å². The second kappa shape index (κ2) is 8.89. The van der Waals surface area contributed by atoms with Gasteiger partial charge in [-0.05, 0) is 70.5 Å². The molecule has 0 saturated heterocycles. The molecule has 146 valence electrons. The number of carbonyl (C=O) groups is 1. The van der Waals surface area contributed by atoms with Crippen LogP contribution in [0.2, 0.25) is 0 Å². The summed E-state index contributed by atoms with van der Waals surface area (Å²) in [5.41, 5.74) is 4.39. The molecular weight excluding hydrogens is 355 g/mol. The predicted molar refractivity (Wildman–Crippen MR) is 116 cm³/mol. The van der Waals surface area contributed by atoms with E-state index in [1.165, 1.54) is 5.56 Å². The zero-order valence-electron chi connectivity index (χ0n) is 17.5. The normalized spacial score (nSPS) is 11.8. The van der Waals surface area contributed by atoms with E-state index in [9.17, 15) is 4.79 Å². The summed E-state index contributed by atoms with van der Waals surface area (Å²) in [6.45, 7) is 15.7. The van der Waals surface area contributed by atoms with Gasteiger partial charge in [-0.15, -0.1) is 0 Å². The summed E-state index contributed by atoms with van der Waals surface area (Å²) in [7, 11) is 0.0196. The van der Waals surface area contributed by atoms with Crippen LogP contribution in [0.5, 0.6) is 11.5 Å². The minimum absolute atomic E-state index is 0.0196. The van der Waals surface area contributed by atoms with Crippen molar-refractivity contribution in [3.63, 3.8) is 0 Å². The maximum Gasteiger partial charge on any atom is 0.186 e. The van der Waals surface area contributed by atoms with Crippen LogP contribution in [-0.4, -0.2) is 18.7 Å². The Kier molecular flexibility index (Phi) is 7.06. The van der Waals surface area contributed by atoms with Crippen LogP contribution in [0.4, 0.5) is 0 Å². The number of aryl methyl sites for hydroxylation is 2. The van der Waals surface area contributed by atoms with E-state index >= 15 is 0 Å². The second-order valence-corrected chi connectivity index (χ2v) is 8.96. The first kappa shape index (κ1) is 21.4. The van der Waals surface area contributed by atoms with Gasteiger partial charge in [0.2, 0.25) is 0 Å². The third-order valence-electron chi connectivity index (χ3n) is 4.44. The molecule has 0 aliphatic rings. The number of ether oxygens (including phenoxy) is 2. The summed E-state index contributed by atoms with van der Waals surface area (Å²) in [5, 5.41) is 0.920. The van der Waals surface area contributed by atoms with Gasteiger partial charge < -0.3 is 9.47 Å². The van der Waals surface area contributed by atoms with Gasteiger partial charge in [-0.25, -0.2) is 0 Å². The fraction of sp³-hybridized carbons (Fsp3) is 0.435. The molecule has 0 radical (unpaired) electrons. The first-order chi connectivity index (χ1) is 12.7. The Morgan fingerprint density at radius 1 is 0.963 bits per heavy atom. The summed E-state index contributed by atoms with van der Waals surface area (Å²) in [4.78, 5) is 13.1. The number of carbonyl (C=O) groups excluding carboxylic acids is 1.